The Bertz CT molecular complexity index is 392. The number of nitrogens with one attached hydrogen (secondary N) is 1. The molecule has 0 saturated heterocycles. The fourth-order valence-electron chi connectivity index (χ4n) is 1.33. The standard InChI is InChI=1S/C10H10FNO3/c1-6-4-7(11)2-3-8(6)9(10(14)15)12-5-13/h2-5,9H,1H3,(H,12,13)(H,14,15). The van der Waals surface area contributed by atoms with Gasteiger partial charge in [-0.05, 0) is 30.2 Å². The van der Waals surface area contributed by atoms with Crippen LogP contribution in [0.2, 0.25) is 0 Å². The van der Waals surface area contributed by atoms with E-state index in [9.17, 15) is 14.0 Å². The van der Waals surface area contributed by atoms with Gasteiger partial charge >= 0.3 is 5.97 Å². The summed E-state index contributed by atoms with van der Waals surface area (Å²) in [7, 11) is 0. The lowest BCUT2D eigenvalue weighted by molar-refractivity contribution is -0.140. The molecule has 0 aromatic heterocycles. The Balaban J connectivity index is 3.10. The van der Waals surface area contributed by atoms with Crippen molar-refractivity contribution in [3.63, 3.8) is 0 Å². The molecule has 0 aliphatic heterocycles. The highest BCUT2D eigenvalue weighted by molar-refractivity contribution is 5.78. The number of benzene rings is 1. The van der Waals surface area contributed by atoms with Gasteiger partial charge in [-0.1, -0.05) is 6.07 Å². The molecule has 1 aromatic rings. The molecule has 2 N–H and O–H groups in total. The Labute approximate surface area is 85.7 Å². The van der Waals surface area contributed by atoms with Crippen molar-refractivity contribution in [3.8, 4) is 0 Å². The van der Waals surface area contributed by atoms with Gasteiger partial charge in [-0.2, -0.15) is 0 Å². The van der Waals surface area contributed by atoms with Crippen LogP contribution in [-0.2, 0) is 9.59 Å². The van der Waals surface area contributed by atoms with Gasteiger partial charge in [0.25, 0.3) is 0 Å². The first-order valence-corrected chi connectivity index (χ1v) is 4.25. The van der Waals surface area contributed by atoms with Crippen molar-refractivity contribution in [2.75, 3.05) is 0 Å². The summed E-state index contributed by atoms with van der Waals surface area (Å²) in [6.45, 7) is 1.58. The normalized spacial score (nSPS) is 11.9. The second-order valence-electron chi connectivity index (χ2n) is 3.06. The molecule has 0 aliphatic rings. The Morgan fingerprint density at radius 2 is 2.27 bits per heavy atom. The summed E-state index contributed by atoms with van der Waals surface area (Å²) in [4.78, 5) is 21.0. The molecule has 4 nitrogen and oxygen atoms in total. The number of hydrogen-bond acceptors (Lipinski definition) is 2. The van der Waals surface area contributed by atoms with Crippen LogP contribution in [0.1, 0.15) is 17.2 Å². The second kappa shape index (κ2) is 4.54. The summed E-state index contributed by atoms with van der Waals surface area (Å²) in [6, 6.07) is 2.59. The topological polar surface area (TPSA) is 66.4 Å². The van der Waals surface area contributed by atoms with Crippen LogP contribution in [0.15, 0.2) is 18.2 Å². The summed E-state index contributed by atoms with van der Waals surface area (Å²) < 4.78 is 12.8. The van der Waals surface area contributed by atoms with Crippen LogP contribution in [0.5, 0.6) is 0 Å². The van der Waals surface area contributed by atoms with E-state index in [4.69, 9.17) is 5.11 Å². The van der Waals surface area contributed by atoms with Crippen molar-refractivity contribution in [2.24, 2.45) is 0 Å². The first-order chi connectivity index (χ1) is 7.06. The monoisotopic (exact) mass is 211 g/mol. The minimum Gasteiger partial charge on any atom is -0.479 e. The van der Waals surface area contributed by atoms with Gasteiger partial charge in [0.15, 0.2) is 6.04 Å². The van der Waals surface area contributed by atoms with Crippen molar-refractivity contribution in [1.29, 1.82) is 0 Å². The molecule has 0 radical (unpaired) electrons. The van der Waals surface area contributed by atoms with Gasteiger partial charge in [-0.25, -0.2) is 9.18 Å². The zero-order chi connectivity index (χ0) is 11.4. The van der Waals surface area contributed by atoms with E-state index in [2.05, 4.69) is 5.32 Å². The largest absolute Gasteiger partial charge is 0.479 e. The molecule has 0 fully saturated rings. The molecular formula is C10H10FNO3. The summed E-state index contributed by atoms with van der Waals surface area (Å²) >= 11 is 0. The molecular weight excluding hydrogens is 201 g/mol. The van der Waals surface area contributed by atoms with Crippen molar-refractivity contribution in [1.82, 2.24) is 5.32 Å². The fraction of sp³-hybridized carbons (Fsp3) is 0.200. The number of carboxylic acids is 1. The molecule has 0 bridgehead atoms. The van der Waals surface area contributed by atoms with Crippen LogP contribution in [0.25, 0.3) is 0 Å². The van der Waals surface area contributed by atoms with Crippen LogP contribution in [0, 0.1) is 12.7 Å². The van der Waals surface area contributed by atoms with E-state index in [-0.39, 0.29) is 0 Å². The average molecular weight is 211 g/mol. The molecule has 0 spiro atoms. The van der Waals surface area contributed by atoms with Gasteiger partial charge in [0.05, 0.1) is 0 Å². The van der Waals surface area contributed by atoms with Crippen molar-refractivity contribution < 1.29 is 19.1 Å². The van der Waals surface area contributed by atoms with E-state index in [1.165, 1.54) is 12.1 Å². The molecule has 0 aliphatic carbocycles. The molecule has 1 aromatic carbocycles. The third-order valence-corrected chi connectivity index (χ3v) is 2.02. The van der Waals surface area contributed by atoms with E-state index in [1.54, 1.807) is 6.92 Å². The average Bonchev–Trinajstić information content (AvgIpc) is 2.15. The van der Waals surface area contributed by atoms with Crippen molar-refractivity contribution >= 4 is 12.4 Å². The minimum absolute atomic E-state index is 0.307. The van der Waals surface area contributed by atoms with Crippen LogP contribution in [-0.4, -0.2) is 17.5 Å². The number of carboxylic acid groups (broad SMARTS) is 1. The Kier molecular flexibility index (Phi) is 3.38. The lowest BCUT2D eigenvalue weighted by Crippen LogP contribution is -2.27. The third-order valence-electron chi connectivity index (χ3n) is 2.02. The number of carbonyl (C=O) groups excluding carboxylic acids is 1. The summed E-state index contributed by atoms with van der Waals surface area (Å²) in [6.07, 6.45) is 0.307. The van der Waals surface area contributed by atoms with Crippen LogP contribution < -0.4 is 5.32 Å². The number of aliphatic carboxylic acids is 1. The minimum atomic E-state index is -1.18. The highest BCUT2D eigenvalue weighted by Gasteiger charge is 2.20. The van der Waals surface area contributed by atoms with E-state index >= 15 is 0 Å². The summed E-state index contributed by atoms with van der Waals surface area (Å²) in [5.41, 5.74) is 0.854. The zero-order valence-electron chi connectivity index (χ0n) is 8.03. The van der Waals surface area contributed by atoms with Gasteiger partial charge in [0.1, 0.15) is 5.82 Å². The predicted octanol–water partition coefficient (Wildman–Crippen LogP) is 1.01. The Morgan fingerprint density at radius 1 is 1.60 bits per heavy atom. The maximum Gasteiger partial charge on any atom is 0.330 e. The lowest BCUT2D eigenvalue weighted by atomic mass is 10.0. The van der Waals surface area contributed by atoms with E-state index in [0.29, 0.717) is 17.5 Å². The van der Waals surface area contributed by atoms with Gasteiger partial charge < -0.3 is 10.4 Å². The van der Waals surface area contributed by atoms with Gasteiger partial charge in [0, 0.05) is 0 Å². The maximum atomic E-state index is 12.8. The van der Waals surface area contributed by atoms with Gasteiger partial charge in [-0.3, -0.25) is 4.79 Å². The first kappa shape index (κ1) is 11.2. The number of hydrogen-bond donors (Lipinski definition) is 2. The highest BCUT2D eigenvalue weighted by Crippen LogP contribution is 2.18. The number of aryl methyl sites for hydroxylation is 1. The zero-order valence-corrected chi connectivity index (χ0v) is 8.03. The number of amides is 1. The van der Waals surface area contributed by atoms with Gasteiger partial charge in [-0.15, -0.1) is 0 Å². The maximum absolute atomic E-state index is 12.8. The molecule has 0 heterocycles. The molecule has 1 amide bonds. The molecule has 80 valence electrons. The van der Waals surface area contributed by atoms with Crippen LogP contribution >= 0.6 is 0 Å². The smallest absolute Gasteiger partial charge is 0.330 e. The van der Waals surface area contributed by atoms with E-state index < -0.39 is 17.8 Å². The molecule has 1 rings (SSSR count). The lowest BCUT2D eigenvalue weighted by Gasteiger charge is -2.13. The predicted molar refractivity (Wildman–Crippen MR) is 50.7 cm³/mol. The third kappa shape index (κ3) is 2.52. The first-order valence-electron chi connectivity index (χ1n) is 4.25. The van der Waals surface area contributed by atoms with E-state index in [0.717, 1.165) is 6.07 Å². The molecule has 15 heavy (non-hydrogen) atoms. The van der Waals surface area contributed by atoms with Gasteiger partial charge in [0.2, 0.25) is 6.41 Å². The van der Waals surface area contributed by atoms with E-state index in [1.807, 2.05) is 0 Å². The number of halogens is 1. The fourth-order valence-corrected chi connectivity index (χ4v) is 1.33. The second-order valence-corrected chi connectivity index (χ2v) is 3.06. The van der Waals surface area contributed by atoms with Crippen LogP contribution in [0.3, 0.4) is 0 Å². The summed E-state index contributed by atoms with van der Waals surface area (Å²) in [5, 5.41) is 11.0. The molecule has 0 saturated carbocycles. The van der Waals surface area contributed by atoms with Crippen LogP contribution in [0.4, 0.5) is 4.39 Å². The Morgan fingerprint density at radius 3 is 2.73 bits per heavy atom. The molecule has 5 heteroatoms. The quantitative estimate of drug-likeness (QED) is 0.730. The summed E-state index contributed by atoms with van der Waals surface area (Å²) in [5.74, 6) is -1.62. The Hall–Kier alpha value is -1.91. The highest BCUT2D eigenvalue weighted by atomic mass is 19.1. The number of carbonyl (C=O) groups is 2. The SMILES string of the molecule is Cc1cc(F)ccc1C(NC=O)C(=O)O. The van der Waals surface area contributed by atoms with Crippen molar-refractivity contribution in [3.05, 3.63) is 35.1 Å². The molecule has 1 unspecified atom stereocenters. The number of rotatable bonds is 4. The van der Waals surface area contributed by atoms with Crippen molar-refractivity contribution in [2.45, 2.75) is 13.0 Å². The molecule has 1 atom stereocenters.